The number of aryl methyl sites for hydroxylation is 1. The quantitative estimate of drug-likeness (QED) is 0.679. The van der Waals surface area contributed by atoms with E-state index < -0.39 is 11.7 Å². The second kappa shape index (κ2) is 7.32. The van der Waals surface area contributed by atoms with E-state index in [1.807, 2.05) is 0 Å². The summed E-state index contributed by atoms with van der Waals surface area (Å²) < 4.78 is 39.3. The van der Waals surface area contributed by atoms with Gasteiger partial charge in [0.25, 0.3) is 0 Å². The summed E-state index contributed by atoms with van der Waals surface area (Å²) in [5, 5.41) is 9.68. The molecule has 1 aromatic carbocycles. The van der Waals surface area contributed by atoms with Crippen molar-refractivity contribution in [1.82, 2.24) is 19.7 Å². The average Bonchev–Trinajstić information content (AvgIpc) is 3.18. The van der Waals surface area contributed by atoms with Crippen LogP contribution in [0, 0.1) is 6.92 Å². The standard InChI is InChI=1S/C19H18F3N7O/c1-11-16-17(28(2)10-15(30)26-16)27-18(25-11)23-7-12-3-5-14(6-4-12)29-9-13(8-24-29)19(20,21)22/h3-6,8-9H,7,10H2,1-2H3,(H,26,30)(H,23,25,27). The first-order valence-electron chi connectivity index (χ1n) is 9.05. The van der Waals surface area contributed by atoms with Crippen molar-refractivity contribution >= 4 is 23.4 Å². The molecule has 0 bridgehead atoms. The van der Waals surface area contributed by atoms with Gasteiger partial charge in [-0.1, -0.05) is 12.1 Å². The van der Waals surface area contributed by atoms with E-state index in [9.17, 15) is 18.0 Å². The normalized spacial score (nSPS) is 13.8. The van der Waals surface area contributed by atoms with E-state index in [1.54, 1.807) is 43.1 Å². The first-order chi connectivity index (χ1) is 14.2. The van der Waals surface area contributed by atoms with E-state index >= 15 is 0 Å². The third-order valence-corrected chi connectivity index (χ3v) is 4.64. The summed E-state index contributed by atoms with van der Waals surface area (Å²) in [6.07, 6.45) is -2.68. The third-order valence-electron chi connectivity index (χ3n) is 4.64. The summed E-state index contributed by atoms with van der Waals surface area (Å²) in [7, 11) is 1.78. The van der Waals surface area contributed by atoms with Crippen molar-refractivity contribution in [2.45, 2.75) is 19.6 Å². The van der Waals surface area contributed by atoms with Crippen LogP contribution in [0.1, 0.15) is 16.8 Å². The minimum Gasteiger partial charge on any atom is -0.350 e. The van der Waals surface area contributed by atoms with E-state index in [0.29, 0.717) is 35.4 Å². The van der Waals surface area contributed by atoms with Gasteiger partial charge in [0.2, 0.25) is 11.9 Å². The number of amides is 1. The van der Waals surface area contributed by atoms with E-state index in [0.717, 1.165) is 18.0 Å². The zero-order valence-corrected chi connectivity index (χ0v) is 16.2. The number of nitrogens with one attached hydrogen (secondary N) is 2. The highest BCUT2D eigenvalue weighted by Crippen LogP contribution is 2.30. The number of hydrogen-bond donors (Lipinski definition) is 2. The van der Waals surface area contributed by atoms with Crippen LogP contribution in [0.5, 0.6) is 0 Å². The number of rotatable bonds is 4. The number of nitrogens with zero attached hydrogens (tertiary/aromatic N) is 5. The van der Waals surface area contributed by atoms with Crippen molar-refractivity contribution in [3.63, 3.8) is 0 Å². The fraction of sp³-hybridized carbons (Fsp3) is 0.263. The molecule has 0 atom stereocenters. The van der Waals surface area contributed by atoms with Gasteiger partial charge in [0.05, 0.1) is 29.7 Å². The molecule has 0 unspecified atom stereocenters. The first-order valence-corrected chi connectivity index (χ1v) is 9.05. The predicted molar refractivity (Wildman–Crippen MR) is 105 cm³/mol. The molecule has 0 spiro atoms. The Bertz CT molecular complexity index is 1090. The maximum absolute atomic E-state index is 12.7. The lowest BCUT2D eigenvalue weighted by molar-refractivity contribution is -0.137. The number of alkyl halides is 3. The van der Waals surface area contributed by atoms with Crippen molar-refractivity contribution in [2.24, 2.45) is 0 Å². The monoisotopic (exact) mass is 417 g/mol. The number of aromatic nitrogens is 4. The maximum Gasteiger partial charge on any atom is 0.419 e. The van der Waals surface area contributed by atoms with Gasteiger partial charge in [-0.15, -0.1) is 0 Å². The maximum atomic E-state index is 12.7. The summed E-state index contributed by atoms with van der Waals surface area (Å²) in [5.74, 6) is 0.941. The lowest BCUT2D eigenvalue weighted by Gasteiger charge is -2.27. The molecule has 8 nitrogen and oxygen atoms in total. The molecule has 1 amide bonds. The molecule has 0 aliphatic carbocycles. The zero-order chi connectivity index (χ0) is 21.5. The molecule has 0 saturated carbocycles. The van der Waals surface area contributed by atoms with Gasteiger partial charge in [0.15, 0.2) is 5.82 Å². The van der Waals surface area contributed by atoms with Crippen molar-refractivity contribution in [1.29, 1.82) is 0 Å². The Kier molecular flexibility index (Phi) is 4.80. The molecule has 0 fully saturated rings. The second-order valence-electron chi connectivity index (χ2n) is 6.93. The molecule has 2 N–H and O–H groups in total. The fourth-order valence-electron chi connectivity index (χ4n) is 3.09. The zero-order valence-electron chi connectivity index (χ0n) is 16.2. The molecule has 2 aromatic heterocycles. The highest BCUT2D eigenvalue weighted by atomic mass is 19.4. The number of likely N-dealkylation sites (N-methyl/N-ethyl adjacent to an activating group) is 1. The van der Waals surface area contributed by atoms with E-state index in [-0.39, 0.29) is 12.5 Å². The Hall–Kier alpha value is -3.63. The van der Waals surface area contributed by atoms with Gasteiger partial charge in [-0.2, -0.15) is 23.3 Å². The smallest absolute Gasteiger partial charge is 0.350 e. The third kappa shape index (κ3) is 3.91. The first kappa shape index (κ1) is 19.7. The van der Waals surface area contributed by atoms with Gasteiger partial charge < -0.3 is 15.5 Å². The molecule has 4 rings (SSSR count). The van der Waals surface area contributed by atoms with Gasteiger partial charge in [-0.25, -0.2) is 9.67 Å². The number of hydrogen-bond acceptors (Lipinski definition) is 6. The SMILES string of the molecule is Cc1nc(NCc2ccc(-n3cc(C(F)(F)F)cn3)cc2)nc2c1NC(=O)CN2C. The van der Waals surface area contributed by atoms with Gasteiger partial charge in [0, 0.05) is 19.8 Å². The Morgan fingerprint density at radius 1 is 1.20 bits per heavy atom. The van der Waals surface area contributed by atoms with Crippen molar-refractivity contribution in [3.05, 3.63) is 53.5 Å². The fourth-order valence-corrected chi connectivity index (χ4v) is 3.09. The largest absolute Gasteiger partial charge is 0.419 e. The van der Waals surface area contributed by atoms with Crippen LogP contribution in [-0.2, 0) is 17.5 Å². The number of anilines is 3. The molecule has 3 aromatic rings. The summed E-state index contributed by atoms with van der Waals surface area (Å²) in [4.78, 5) is 22.3. The number of carbonyl (C=O) groups excluding carboxylic acids is 1. The highest BCUT2D eigenvalue weighted by Gasteiger charge is 2.32. The molecule has 1 aliphatic heterocycles. The Balaban J connectivity index is 1.46. The van der Waals surface area contributed by atoms with Crippen LogP contribution in [0.15, 0.2) is 36.7 Å². The number of benzene rings is 1. The molecule has 156 valence electrons. The summed E-state index contributed by atoms with van der Waals surface area (Å²) in [6.45, 7) is 2.43. The van der Waals surface area contributed by atoms with E-state index in [2.05, 4.69) is 25.7 Å². The number of fused-ring (bicyclic) bond motifs is 1. The van der Waals surface area contributed by atoms with Crippen LogP contribution >= 0.6 is 0 Å². The molecular weight excluding hydrogens is 399 g/mol. The van der Waals surface area contributed by atoms with E-state index in [1.165, 1.54) is 4.68 Å². The predicted octanol–water partition coefficient (Wildman–Crippen LogP) is 2.99. The highest BCUT2D eigenvalue weighted by molar-refractivity contribution is 6.00. The van der Waals surface area contributed by atoms with Crippen LogP contribution in [-0.4, -0.2) is 39.2 Å². The Labute approximate surface area is 169 Å². The molecule has 30 heavy (non-hydrogen) atoms. The molecule has 1 aliphatic rings. The van der Waals surface area contributed by atoms with Crippen LogP contribution in [0.4, 0.5) is 30.6 Å². The number of carbonyl (C=O) groups is 1. The minimum absolute atomic E-state index is 0.114. The molecule has 0 radical (unpaired) electrons. The lowest BCUT2D eigenvalue weighted by Crippen LogP contribution is -2.36. The number of halogens is 3. The second-order valence-corrected chi connectivity index (χ2v) is 6.93. The van der Waals surface area contributed by atoms with E-state index in [4.69, 9.17) is 0 Å². The molecule has 3 heterocycles. The minimum atomic E-state index is -4.42. The van der Waals surface area contributed by atoms with Gasteiger partial charge in [-0.05, 0) is 24.6 Å². The van der Waals surface area contributed by atoms with Crippen molar-refractivity contribution in [2.75, 3.05) is 29.1 Å². The summed E-state index contributed by atoms with van der Waals surface area (Å²) in [6, 6.07) is 6.95. The van der Waals surface area contributed by atoms with Crippen molar-refractivity contribution < 1.29 is 18.0 Å². The summed E-state index contributed by atoms with van der Waals surface area (Å²) >= 11 is 0. The average molecular weight is 417 g/mol. The Morgan fingerprint density at radius 3 is 2.60 bits per heavy atom. The van der Waals surface area contributed by atoms with Crippen LogP contribution in [0.2, 0.25) is 0 Å². The van der Waals surface area contributed by atoms with Gasteiger partial charge >= 0.3 is 6.18 Å². The molecule has 11 heteroatoms. The van der Waals surface area contributed by atoms with Gasteiger partial charge in [0.1, 0.15) is 5.69 Å². The van der Waals surface area contributed by atoms with Crippen LogP contribution in [0.3, 0.4) is 0 Å². The topological polar surface area (TPSA) is 88.0 Å². The molecule has 0 saturated heterocycles. The molecular formula is C19H18F3N7O. The van der Waals surface area contributed by atoms with Crippen LogP contribution < -0.4 is 15.5 Å². The lowest BCUT2D eigenvalue weighted by atomic mass is 10.2. The van der Waals surface area contributed by atoms with Gasteiger partial charge in [-0.3, -0.25) is 4.79 Å². The Morgan fingerprint density at radius 2 is 1.93 bits per heavy atom. The summed E-state index contributed by atoms with van der Waals surface area (Å²) in [5.41, 5.74) is 1.86. The van der Waals surface area contributed by atoms with Crippen LogP contribution in [0.25, 0.3) is 5.69 Å². The van der Waals surface area contributed by atoms with Crippen molar-refractivity contribution in [3.8, 4) is 5.69 Å².